The highest BCUT2D eigenvalue weighted by Crippen LogP contribution is 2.11. The van der Waals surface area contributed by atoms with Gasteiger partial charge in [0, 0.05) is 12.8 Å². The fourth-order valence-corrected chi connectivity index (χ4v) is 2.96. The van der Waals surface area contributed by atoms with E-state index < -0.39 is 71.6 Å². The molecule has 13 heteroatoms. The van der Waals surface area contributed by atoms with E-state index in [1.807, 2.05) is 0 Å². The van der Waals surface area contributed by atoms with Crippen molar-refractivity contribution in [2.75, 3.05) is 0 Å². The first-order valence-electron chi connectivity index (χ1n) is 11.1. The Labute approximate surface area is 198 Å². The first-order chi connectivity index (χ1) is 15.7. The third kappa shape index (κ3) is 11.1. The SMILES string of the molecule is CCC(C)C(NC(=O)C(CCC(N)=O)NC(=O)C(N)CCC(=O)O)C(=O)NC(C(=O)O)C(C)C. The smallest absolute Gasteiger partial charge is 0.326 e. The maximum atomic E-state index is 13.0. The van der Waals surface area contributed by atoms with E-state index in [1.165, 1.54) is 0 Å². The summed E-state index contributed by atoms with van der Waals surface area (Å²) in [6, 6.07) is -4.79. The molecule has 0 bridgehead atoms. The van der Waals surface area contributed by atoms with Crippen molar-refractivity contribution in [2.45, 2.75) is 84.0 Å². The van der Waals surface area contributed by atoms with Crippen LogP contribution >= 0.6 is 0 Å². The van der Waals surface area contributed by atoms with Gasteiger partial charge in [-0.1, -0.05) is 34.1 Å². The van der Waals surface area contributed by atoms with Crippen molar-refractivity contribution in [2.24, 2.45) is 23.3 Å². The fraction of sp³-hybridized carbons (Fsp3) is 0.714. The Bertz CT molecular complexity index is 757. The molecule has 0 heterocycles. The number of carbonyl (C=O) groups excluding carboxylic acids is 4. The van der Waals surface area contributed by atoms with E-state index >= 15 is 0 Å². The van der Waals surface area contributed by atoms with E-state index in [0.717, 1.165) is 0 Å². The molecule has 0 saturated carbocycles. The van der Waals surface area contributed by atoms with Crippen molar-refractivity contribution in [3.05, 3.63) is 0 Å². The Hall–Kier alpha value is -3.22. The zero-order valence-electron chi connectivity index (χ0n) is 20.0. The molecule has 9 N–H and O–H groups in total. The summed E-state index contributed by atoms with van der Waals surface area (Å²) in [6.07, 6.45) is -0.497. The number of hydrogen-bond acceptors (Lipinski definition) is 7. The van der Waals surface area contributed by atoms with Crippen LogP contribution in [0.2, 0.25) is 0 Å². The molecule has 0 aliphatic carbocycles. The molecule has 0 spiro atoms. The molecular formula is C21H37N5O8. The van der Waals surface area contributed by atoms with Crippen molar-refractivity contribution in [3.8, 4) is 0 Å². The van der Waals surface area contributed by atoms with E-state index in [1.54, 1.807) is 27.7 Å². The molecule has 13 nitrogen and oxygen atoms in total. The van der Waals surface area contributed by atoms with Crippen LogP contribution in [-0.4, -0.2) is 69.9 Å². The number of carbonyl (C=O) groups is 6. The molecule has 194 valence electrons. The largest absolute Gasteiger partial charge is 0.481 e. The zero-order valence-corrected chi connectivity index (χ0v) is 20.0. The van der Waals surface area contributed by atoms with Gasteiger partial charge in [0.15, 0.2) is 0 Å². The van der Waals surface area contributed by atoms with E-state index in [0.29, 0.717) is 6.42 Å². The van der Waals surface area contributed by atoms with E-state index in [-0.39, 0.29) is 25.7 Å². The summed E-state index contributed by atoms with van der Waals surface area (Å²) in [7, 11) is 0. The Morgan fingerprint density at radius 3 is 1.79 bits per heavy atom. The number of nitrogens with one attached hydrogen (secondary N) is 3. The molecule has 5 atom stereocenters. The van der Waals surface area contributed by atoms with Crippen LogP contribution < -0.4 is 27.4 Å². The Morgan fingerprint density at radius 2 is 1.35 bits per heavy atom. The van der Waals surface area contributed by atoms with Gasteiger partial charge in [-0.25, -0.2) is 4.79 Å². The van der Waals surface area contributed by atoms with Crippen LogP contribution in [0.3, 0.4) is 0 Å². The summed E-state index contributed by atoms with van der Waals surface area (Å²) in [6.45, 7) is 6.72. The number of aliphatic carboxylic acids is 2. The molecule has 0 saturated heterocycles. The van der Waals surface area contributed by atoms with E-state index in [2.05, 4.69) is 16.0 Å². The van der Waals surface area contributed by atoms with Crippen LogP contribution in [0.5, 0.6) is 0 Å². The molecular weight excluding hydrogens is 450 g/mol. The minimum Gasteiger partial charge on any atom is -0.481 e. The lowest BCUT2D eigenvalue weighted by Crippen LogP contribution is -2.59. The summed E-state index contributed by atoms with van der Waals surface area (Å²) in [5, 5.41) is 25.4. The predicted octanol–water partition coefficient (Wildman–Crippen LogP) is -1.31. The van der Waals surface area contributed by atoms with Crippen molar-refractivity contribution >= 4 is 35.6 Å². The van der Waals surface area contributed by atoms with Crippen LogP contribution in [0.15, 0.2) is 0 Å². The number of hydrogen-bond donors (Lipinski definition) is 7. The fourth-order valence-electron chi connectivity index (χ4n) is 2.96. The number of carboxylic acids is 2. The summed E-state index contributed by atoms with van der Waals surface area (Å²) in [5.41, 5.74) is 10.8. The highest BCUT2D eigenvalue weighted by atomic mass is 16.4. The van der Waals surface area contributed by atoms with Gasteiger partial charge in [0.2, 0.25) is 23.6 Å². The minimum atomic E-state index is -1.28. The van der Waals surface area contributed by atoms with Gasteiger partial charge in [-0.3, -0.25) is 24.0 Å². The molecule has 34 heavy (non-hydrogen) atoms. The van der Waals surface area contributed by atoms with Crippen LogP contribution in [0.4, 0.5) is 0 Å². The Balaban J connectivity index is 5.59. The number of rotatable bonds is 16. The molecule has 0 fully saturated rings. The second-order valence-corrected chi connectivity index (χ2v) is 8.55. The second kappa shape index (κ2) is 14.8. The van der Waals surface area contributed by atoms with Gasteiger partial charge in [0.1, 0.15) is 18.1 Å². The molecule has 0 aliphatic rings. The number of amides is 4. The molecule has 4 amide bonds. The quantitative estimate of drug-likeness (QED) is 0.137. The van der Waals surface area contributed by atoms with E-state index in [9.17, 15) is 33.9 Å². The van der Waals surface area contributed by atoms with Crippen LogP contribution in [-0.2, 0) is 28.8 Å². The zero-order chi connectivity index (χ0) is 26.6. The summed E-state index contributed by atoms with van der Waals surface area (Å²) in [4.78, 5) is 71.5. The monoisotopic (exact) mass is 487 g/mol. The summed E-state index contributed by atoms with van der Waals surface area (Å²) in [5.74, 6) is -6.20. The van der Waals surface area contributed by atoms with Crippen molar-refractivity contribution in [3.63, 3.8) is 0 Å². The maximum Gasteiger partial charge on any atom is 0.326 e. The Morgan fingerprint density at radius 1 is 0.794 bits per heavy atom. The molecule has 0 aliphatic heterocycles. The van der Waals surface area contributed by atoms with Crippen molar-refractivity contribution in [1.82, 2.24) is 16.0 Å². The van der Waals surface area contributed by atoms with E-state index in [4.69, 9.17) is 16.6 Å². The molecule has 0 aromatic heterocycles. The van der Waals surface area contributed by atoms with Gasteiger partial charge in [-0.2, -0.15) is 0 Å². The van der Waals surface area contributed by atoms with Crippen LogP contribution in [0.1, 0.15) is 59.8 Å². The van der Waals surface area contributed by atoms with Gasteiger partial charge >= 0.3 is 11.9 Å². The first kappa shape index (κ1) is 30.8. The average Bonchev–Trinajstić information content (AvgIpc) is 2.74. The molecule has 5 unspecified atom stereocenters. The lowest BCUT2D eigenvalue weighted by molar-refractivity contribution is -0.144. The minimum absolute atomic E-state index is 0.172. The third-order valence-electron chi connectivity index (χ3n) is 5.34. The normalized spacial score (nSPS) is 15.4. The first-order valence-corrected chi connectivity index (χ1v) is 11.1. The van der Waals surface area contributed by atoms with Crippen LogP contribution in [0.25, 0.3) is 0 Å². The van der Waals surface area contributed by atoms with Crippen LogP contribution in [0, 0.1) is 11.8 Å². The second-order valence-electron chi connectivity index (χ2n) is 8.55. The summed E-state index contributed by atoms with van der Waals surface area (Å²) < 4.78 is 0. The van der Waals surface area contributed by atoms with Gasteiger partial charge in [-0.05, 0) is 24.7 Å². The molecule has 0 aromatic rings. The summed E-state index contributed by atoms with van der Waals surface area (Å²) >= 11 is 0. The van der Waals surface area contributed by atoms with Gasteiger partial charge in [-0.15, -0.1) is 0 Å². The van der Waals surface area contributed by atoms with Gasteiger partial charge in [0.05, 0.1) is 6.04 Å². The van der Waals surface area contributed by atoms with Gasteiger partial charge < -0.3 is 37.6 Å². The third-order valence-corrected chi connectivity index (χ3v) is 5.34. The number of primary amides is 1. The van der Waals surface area contributed by atoms with Crippen molar-refractivity contribution in [1.29, 1.82) is 0 Å². The number of nitrogens with two attached hydrogens (primary N) is 2. The molecule has 0 aromatic carbocycles. The lowest BCUT2D eigenvalue weighted by Gasteiger charge is -2.28. The lowest BCUT2D eigenvalue weighted by atomic mass is 9.96. The highest BCUT2D eigenvalue weighted by molar-refractivity contribution is 5.94. The average molecular weight is 488 g/mol. The topological polar surface area (TPSA) is 231 Å². The van der Waals surface area contributed by atoms with Crippen molar-refractivity contribution < 1.29 is 39.0 Å². The highest BCUT2D eigenvalue weighted by Gasteiger charge is 2.33. The standard InChI is InChI=1S/C21H37N5O8/c1-5-11(4)17(20(32)25-16(10(2)3)21(33)34)26-19(31)13(7-8-14(23)27)24-18(30)12(22)6-9-15(28)29/h10-13,16-17H,5-9,22H2,1-4H3,(H2,23,27)(H,24,30)(H,25,32)(H,26,31)(H,28,29)(H,33,34). The maximum absolute atomic E-state index is 13.0. The number of carboxylic acid groups (broad SMARTS) is 2. The molecule has 0 rings (SSSR count). The molecule has 0 radical (unpaired) electrons. The predicted molar refractivity (Wildman–Crippen MR) is 121 cm³/mol. The Kier molecular flexibility index (Phi) is 13.4. The van der Waals surface area contributed by atoms with Gasteiger partial charge in [0.25, 0.3) is 0 Å².